The van der Waals surface area contributed by atoms with E-state index in [0.717, 1.165) is 19.4 Å². The van der Waals surface area contributed by atoms with Crippen LogP contribution in [0.2, 0.25) is 10.0 Å². The summed E-state index contributed by atoms with van der Waals surface area (Å²) in [7, 11) is 0. The van der Waals surface area contributed by atoms with Crippen molar-refractivity contribution in [1.82, 2.24) is 9.88 Å². The lowest BCUT2D eigenvalue weighted by Gasteiger charge is -2.14. The quantitative estimate of drug-likeness (QED) is 0.332. The molecule has 0 fully saturated rings. The van der Waals surface area contributed by atoms with Crippen molar-refractivity contribution in [3.8, 4) is 0 Å². The zero-order chi connectivity index (χ0) is 21.8. The number of fused-ring (bicyclic) bond motifs is 1. The van der Waals surface area contributed by atoms with Gasteiger partial charge in [-0.05, 0) is 55.2 Å². The summed E-state index contributed by atoms with van der Waals surface area (Å²) in [6.07, 6.45) is 3.94. The first-order valence-electron chi connectivity index (χ1n) is 10.4. The number of halogens is 2. The van der Waals surface area contributed by atoms with Crippen LogP contribution in [0.3, 0.4) is 0 Å². The monoisotopic (exact) mass is 450 g/mol. The summed E-state index contributed by atoms with van der Waals surface area (Å²) in [6, 6.07) is 23.9. The predicted octanol–water partition coefficient (Wildman–Crippen LogP) is 6.75. The lowest BCUT2D eigenvalue weighted by Crippen LogP contribution is -2.33. The molecule has 5 heteroatoms. The second-order valence-electron chi connectivity index (χ2n) is 7.82. The first-order chi connectivity index (χ1) is 15.0. The van der Waals surface area contributed by atoms with Crippen LogP contribution in [0.15, 0.2) is 79.0 Å². The summed E-state index contributed by atoms with van der Waals surface area (Å²) in [5, 5.41) is 5.19. The number of carbonyl (C=O) groups excluding carboxylic acids is 1. The van der Waals surface area contributed by atoms with Crippen molar-refractivity contribution >= 4 is 40.0 Å². The summed E-state index contributed by atoms with van der Waals surface area (Å²) in [5.41, 5.74) is 4.23. The zero-order valence-corrected chi connectivity index (χ0v) is 18.8. The van der Waals surface area contributed by atoms with Gasteiger partial charge in [-0.1, -0.05) is 71.7 Å². The number of aromatic nitrogens is 1. The second-order valence-corrected chi connectivity index (χ2v) is 8.67. The van der Waals surface area contributed by atoms with E-state index in [4.69, 9.17) is 23.2 Å². The van der Waals surface area contributed by atoms with Crippen molar-refractivity contribution in [3.63, 3.8) is 0 Å². The Balaban J connectivity index is 1.45. The van der Waals surface area contributed by atoms with Gasteiger partial charge in [-0.25, -0.2) is 0 Å². The van der Waals surface area contributed by atoms with Crippen molar-refractivity contribution in [2.45, 2.75) is 32.4 Å². The predicted molar refractivity (Wildman–Crippen MR) is 129 cm³/mol. The number of aryl methyl sites for hydroxylation is 1. The Bertz CT molecular complexity index is 1200. The van der Waals surface area contributed by atoms with Crippen molar-refractivity contribution in [2.75, 3.05) is 0 Å². The SMILES string of the molecule is C[C@@H](CCc1cn(Cc2ccccc2)c2ccccc12)NC(=O)c1ccc(Cl)cc1Cl. The maximum atomic E-state index is 12.6. The third-order valence-corrected chi connectivity index (χ3v) is 6.01. The molecule has 0 aliphatic heterocycles. The highest BCUT2D eigenvalue weighted by Gasteiger charge is 2.15. The summed E-state index contributed by atoms with van der Waals surface area (Å²) in [5.74, 6) is -0.180. The highest BCUT2D eigenvalue weighted by Crippen LogP contribution is 2.24. The van der Waals surface area contributed by atoms with E-state index in [1.165, 1.54) is 22.0 Å². The molecule has 0 spiro atoms. The van der Waals surface area contributed by atoms with Gasteiger partial charge in [-0.2, -0.15) is 0 Å². The second kappa shape index (κ2) is 9.59. The molecule has 0 aliphatic carbocycles. The molecule has 0 aliphatic rings. The van der Waals surface area contributed by atoms with E-state index < -0.39 is 0 Å². The number of carbonyl (C=O) groups is 1. The van der Waals surface area contributed by atoms with Gasteiger partial charge in [-0.15, -0.1) is 0 Å². The van der Waals surface area contributed by atoms with Gasteiger partial charge in [0.2, 0.25) is 0 Å². The van der Waals surface area contributed by atoms with Crippen molar-refractivity contribution in [3.05, 3.63) is 106 Å². The average Bonchev–Trinajstić information content (AvgIpc) is 3.10. The van der Waals surface area contributed by atoms with Crippen LogP contribution in [0.25, 0.3) is 10.9 Å². The number of hydrogen-bond acceptors (Lipinski definition) is 1. The van der Waals surface area contributed by atoms with Gasteiger partial charge < -0.3 is 9.88 Å². The van der Waals surface area contributed by atoms with Crippen LogP contribution in [0.1, 0.15) is 34.8 Å². The van der Waals surface area contributed by atoms with E-state index >= 15 is 0 Å². The molecule has 158 valence electrons. The third kappa shape index (κ3) is 5.12. The number of para-hydroxylation sites is 1. The van der Waals surface area contributed by atoms with Crippen molar-refractivity contribution in [2.24, 2.45) is 0 Å². The molecule has 1 atom stereocenters. The molecule has 1 heterocycles. The van der Waals surface area contributed by atoms with Gasteiger partial charge in [0.1, 0.15) is 0 Å². The molecule has 0 saturated carbocycles. The molecular weight excluding hydrogens is 427 g/mol. The maximum absolute atomic E-state index is 12.6. The molecule has 31 heavy (non-hydrogen) atoms. The van der Waals surface area contributed by atoms with Crippen LogP contribution >= 0.6 is 23.2 Å². The topological polar surface area (TPSA) is 34.0 Å². The number of nitrogens with zero attached hydrogens (tertiary/aromatic N) is 1. The smallest absolute Gasteiger partial charge is 0.253 e. The van der Waals surface area contributed by atoms with Crippen LogP contribution in [0.5, 0.6) is 0 Å². The molecule has 0 radical (unpaired) electrons. The molecule has 3 aromatic carbocycles. The zero-order valence-electron chi connectivity index (χ0n) is 17.3. The Morgan fingerprint density at radius 1 is 1.00 bits per heavy atom. The number of hydrogen-bond donors (Lipinski definition) is 1. The molecule has 0 bridgehead atoms. The minimum Gasteiger partial charge on any atom is -0.350 e. The van der Waals surface area contributed by atoms with Crippen molar-refractivity contribution in [1.29, 1.82) is 0 Å². The molecule has 0 unspecified atom stereocenters. The van der Waals surface area contributed by atoms with Gasteiger partial charge in [-0.3, -0.25) is 4.79 Å². The first-order valence-corrected chi connectivity index (χ1v) is 11.1. The van der Waals surface area contributed by atoms with E-state index in [9.17, 15) is 4.79 Å². The maximum Gasteiger partial charge on any atom is 0.253 e. The summed E-state index contributed by atoms with van der Waals surface area (Å²) >= 11 is 12.1. The Morgan fingerprint density at radius 2 is 1.74 bits per heavy atom. The fourth-order valence-electron chi connectivity index (χ4n) is 3.85. The van der Waals surface area contributed by atoms with Gasteiger partial charge in [0.15, 0.2) is 0 Å². The molecule has 4 rings (SSSR count). The van der Waals surface area contributed by atoms with Gasteiger partial charge in [0.25, 0.3) is 5.91 Å². The summed E-state index contributed by atoms with van der Waals surface area (Å²) < 4.78 is 2.30. The van der Waals surface area contributed by atoms with E-state index in [2.05, 4.69) is 64.6 Å². The van der Waals surface area contributed by atoms with E-state index in [1.807, 2.05) is 13.0 Å². The van der Waals surface area contributed by atoms with E-state index in [-0.39, 0.29) is 11.9 Å². The molecular formula is C26H24Cl2N2O. The Kier molecular flexibility index (Phi) is 6.64. The highest BCUT2D eigenvalue weighted by atomic mass is 35.5. The molecule has 1 N–H and O–H groups in total. The van der Waals surface area contributed by atoms with Crippen LogP contribution in [-0.2, 0) is 13.0 Å². The first kappa shape index (κ1) is 21.5. The number of rotatable bonds is 7. The van der Waals surface area contributed by atoms with Crippen LogP contribution in [0.4, 0.5) is 0 Å². The fraction of sp³-hybridized carbons (Fsp3) is 0.192. The largest absolute Gasteiger partial charge is 0.350 e. The molecule has 1 amide bonds. The fourth-order valence-corrected chi connectivity index (χ4v) is 4.35. The van der Waals surface area contributed by atoms with Crippen LogP contribution < -0.4 is 5.32 Å². The van der Waals surface area contributed by atoms with Gasteiger partial charge in [0, 0.05) is 34.7 Å². The Morgan fingerprint density at radius 3 is 2.52 bits per heavy atom. The van der Waals surface area contributed by atoms with E-state index in [1.54, 1.807) is 18.2 Å². The third-order valence-electron chi connectivity index (χ3n) is 5.47. The minimum atomic E-state index is -0.180. The molecule has 0 saturated heterocycles. The number of amides is 1. The summed E-state index contributed by atoms with van der Waals surface area (Å²) in [4.78, 5) is 12.6. The molecule has 4 aromatic rings. The average molecular weight is 451 g/mol. The summed E-state index contributed by atoms with van der Waals surface area (Å²) in [6.45, 7) is 2.85. The van der Waals surface area contributed by atoms with E-state index in [0.29, 0.717) is 15.6 Å². The lowest BCUT2D eigenvalue weighted by molar-refractivity contribution is 0.0938. The lowest BCUT2D eigenvalue weighted by atomic mass is 10.0. The normalized spacial score (nSPS) is 12.1. The minimum absolute atomic E-state index is 0.00970. The van der Waals surface area contributed by atoms with Gasteiger partial charge >= 0.3 is 0 Å². The van der Waals surface area contributed by atoms with Crippen LogP contribution in [0, 0.1) is 0 Å². The van der Waals surface area contributed by atoms with Gasteiger partial charge in [0.05, 0.1) is 10.6 Å². The molecule has 1 aromatic heterocycles. The molecule has 3 nitrogen and oxygen atoms in total. The van der Waals surface area contributed by atoms with Crippen molar-refractivity contribution < 1.29 is 4.79 Å². The number of nitrogens with one attached hydrogen (secondary N) is 1. The standard InChI is InChI=1S/C26H24Cl2N2O/c1-18(29-26(31)23-14-13-21(27)15-24(23)28)11-12-20-17-30(16-19-7-3-2-4-8-19)25-10-6-5-9-22(20)25/h2-10,13-15,17-18H,11-12,16H2,1H3,(H,29,31)/t18-/m0/s1. The van der Waals surface area contributed by atoms with Crippen LogP contribution in [-0.4, -0.2) is 16.5 Å². The highest BCUT2D eigenvalue weighted by molar-refractivity contribution is 6.36. The Labute approximate surface area is 192 Å². The Hall–Kier alpha value is -2.75. The number of benzene rings is 3.